The summed E-state index contributed by atoms with van der Waals surface area (Å²) in [5, 5.41) is 0. The number of methoxy groups -OCH3 is 1. The van der Waals surface area contributed by atoms with E-state index in [-0.39, 0.29) is 17.6 Å². The lowest BCUT2D eigenvalue weighted by molar-refractivity contribution is -0.161. The lowest BCUT2D eigenvalue weighted by Crippen LogP contribution is -2.32. The predicted molar refractivity (Wildman–Crippen MR) is 115 cm³/mol. The summed E-state index contributed by atoms with van der Waals surface area (Å²) in [4.78, 5) is 26.0. The van der Waals surface area contributed by atoms with Crippen molar-refractivity contribution in [3.05, 3.63) is 40.1 Å². The van der Waals surface area contributed by atoms with E-state index in [4.69, 9.17) is 18.9 Å². The van der Waals surface area contributed by atoms with Gasteiger partial charge in [0.2, 0.25) is 0 Å². The molecule has 1 saturated carbocycles. The fourth-order valence-corrected chi connectivity index (χ4v) is 5.62. The molecule has 1 aromatic rings. The second-order valence-corrected chi connectivity index (χ2v) is 9.42. The molecule has 3 unspecified atom stereocenters. The molecule has 0 amide bonds. The highest BCUT2D eigenvalue weighted by Crippen LogP contribution is 2.56. The largest absolute Gasteiger partial charge is 0.513 e. The number of aryl methyl sites for hydroxylation is 3. The molecule has 6 nitrogen and oxygen atoms in total. The van der Waals surface area contributed by atoms with Crippen LogP contribution in [0.4, 0.5) is 4.79 Å². The fourth-order valence-electron chi connectivity index (χ4n) is 5.62. The molecule has 1 aromatic carbocycles. The molecule has 2 aliphatic carbocycles. The summed E-state index contributed by atoms with van der Waals surface area (Å²) in [5.74, 6) is -0.737. The molecule has 0 bridgehead atoms. The number of ether oxygens (including phenoxy) is 4. The van der Waals surface area contributed by atoms with Gasteiger partial charge in [0, 0.05) is 11.8 Å². The molecule has 1 heterocycles. The zero-order chi connectivity index (χ0) is 22.6. The number of allylic oxidation sites excluding steroid dienone is 2. The summed E-state index contributed by atoms with van der Waals surface area (Å²) in [7, 11) is 1.28. The number of hydrogen-bond acceptors (Lipinski definition) is 6. The van der Waals surface area contributed by atoms with Gasteiger partial charge in [-0.05, 0) is 63.1 Å². The van der Waals surface area contributed by atoms with Crippen LogP contribution >= 0.6 is 0 Å². The maximum Gasteiger partial charge on any atom is 0.513 e. The lowest BCUT2D eigenvalue weighted by Gasteiger charge is -2.26. The summed E-state index contributed by atoms with van der Waals surface area (Å²) in [6.07, 6.45) is 1.92. The number of Topliss-reactive ketones (excluding diaryl/α,β-unsaturated/α-hetero) is 1. The van der Waals surface area contributed by atoms with Crippen LogP contribution in [0.25, 0.3) is 5.57 Å². The van der Waals surface area contributed by atoms with Gasteiger partial charge in [0.1, 0.15) is 5.76 Å². The van der Waals surface area contributed by atoms with Crippen molar-refractivity contribution in [3.63, 3.8) is 0 Å². The molecular weight excluding hydrogens is 396 g/mol. The van der Waals surface area contributed by atoms with Gasteiger partial charge in [0.15, 0.2) is 11.6 Å². The number of hydrogen-bond donors (Lipinski definition) is 0. The van der Waals surface area contributed by atoms with Gasteiger partial charge in [0.25, 0.3) is 0 Å². The maximum absolute atomic E-state index is 13.8. The molecule has 6 heteroatoms. The molecule has 168 valence electrons. The highest BCUT2D eigenvalue weighted by molar-refractivity contribution is 6.26. The zero-order valence-corrected chi connectivity index (χ0v) is 19.3. The molecule has 3 aliphatic rings. The van der Waals surface area contributed by atoms with Gasteiger partial charge in [-0.15, -0.1) is 0 Å². The van der Waals surface area contributed by atoms with Crippen molar-refractivity contribution < 1.29 is 28.5 Å². The standard InChI is InChI=1S/C25H32O6/c1-7-15-9-14(3)10-16(8-2)19(15)20-21(26)17-11-25(13-29-24(4,5)31-25)12-18(17)22(20)30-23(27)28-6/h9-10,17-18H,7-8,11-13H2,1-6H3. The summed E-state index contributed by atoms with van der Waals surface area (Å²) in [5.41, 5.74) is 4.30. The Morgan fingerprint density at radius 1 is 1.13 bits per heavy atom. The van der Waals surface area contributed by atoms with Gasteiger partial charge >= 0.3 is 6.16 Å². The average molecular weight is 429 g/mol. The van der Waals surface area contributed by atoms with E-state index in [0.29, 0.717) is 30.8 Å². The minimum atomic E-state index is -0.797. The minimum Gasteiger partial charge on any atom is -0.437 e. The second kappa shape index (κ2) is 7.75. The first-order valence-corrected chi connectivity index (χ1v) is 11.1. The average Bonchev–Trinajstić information content (AvgIpc) is 3.32. The lowest BCUT2D eigenvalue weighted by atomic mass is 9.86. The Labute approximate surface area is 183 Å². The number of ketones is 1. The molecule has 1 spiro atoms. The maximum atomic E-state index is 13.8. The Balaban J connectivity index is 1.84. The van der Waals surface area contributed by atoms with Gasteiger partial charge in [-0.25, -0.2) is 4.79 Å². The first-order valence-electron chi connectivity index (χ1n) is 11.1. The quantitative estimate of drug-likeness (QED) is 0.645. The SMILES string of the molecule is CCc1cc(C)cc(CC)c1C1=C(OC(=O)OC)C2CC3(COC(C)(C)O3)CC2C1=O. The zero-order valence-electron chi connectivity index (χ0n) is 19.3. The fraction of sp³-hybridized carbons (Fsp3) is 0.600. The summed E-state index contributed by atoms with van der Waals surface area (Å²) >= 11 is 0. The Hall–Kier alpha value is -2.18. The van der Waals surface area contributed by atoms with E-state index < -0.39 is 17.5 Å². The van der Waals surface area contributed by atoms with E-state index in [0.717, 1.165) is 35.1 Å². The number of rotatable bonds is 4. The van der Waals surface area contributed by atoms with Crippen molar-refractivity contribution >= 4 is 17.5 Å². The topological polar surface area (TPSA) is 71.1 Å². The smallest absolute Gasteiger partial charge is 0.437 e. The van der Waals surface area contributed by atoms with Crippen molar-refractivity contribution in [2.45, 2.75) is 71.7 Å². The van der Waals surface area contributed by atoms with Crippen LogP contribution in [0.15, 0.2) is 17.9 Å². The van der Waals surface area contributed by atoms with Gasteiger partial charge in [-0.1, -0.05) is 31.5 Å². The predicted octanol–water partition coefficient (Wildman–Crippen LogP) is 4.74. The van der Waals surface area contributed by atoms with Crippen molar-refractivity contribution in [3.8, 4) is 0 Å². The third-order valence-corrected chi connectivity index (χ3v) is 6.80. The normalized spacial score (nSPS) is 29.0. The molecule has 4 rings (SSSR count). The Morgan fingerprint density at radius 2 is 1.74 bits per heavy atom. The van der Waals surface area contributed by atoms with Crippen molar-refractivity contribution in [1.29, 1.82) is 0 Å². The van der Waals surface area contributed by atoms with E-state index in [1.807, 2.05) is 13.8 Å². The molecule has 0 radical (unpaired) electrons. The van der Waals surface area contributed by atoms with Crippen LogP contribution in [0.2, 0.25) is 0 Å². The van der Waals surface area contributed by atoms with Gasteiger partial charge in [-0.2, -0.15) is 0 Å². The highest BCUT2D eigenvalue weighted by atomic mass is 16.8. The van der Waals surface area contributed by atoms with Crippen LogP contribution < -0.4 is 0 Å². The van der Waals surface area contributed by atoms with E-state index >= 15 is 0 Å². The second-order valence-electron chi connectivity index (χ2n) is 9.42. The van der Waals surface area contributed by atoms with Gasteiger partial charge in [-0.3, -0.25) is 4.79 Å². The van der Waals surface area contributed by atoms with Crippen molar-refractivity contribution in [2.75, 3.05) is 13.7 Å². The van der Waals surface area contributed by atoms with Crippen LogP contribution in [0.5, 0.6) is 0 Å². The first kappa shape index (κ1) is 22.0. The Bertz CT molecular complexity index is 934. The van der Waals surface area contributed by atoms with E-state index in [1.54, 1.807) is 0 Å². The molecule has 3 atom stereocenters. The van der Waals surface area contributed by atoms with E-state index in [1.165, 1.54) is 7.11 Å². The monoisotopic (exact) mass is 428 g/mol. The number of carbonyl (C=O) groups excluding carboxylic acids is 2. The highest BCUT2D eigenvalue weighted by Gasteiger charge is 2.60. The Kier molecular flexibility index (Phi) is 5.51. The molecule has 0 N–H and O–H groups in total. The summed E-state index contributed by atoms with van der Waals surface area (Å²) in [6.45, 7) is 10.4. The molecule has 0 aromatic heterocycles. The number of fused-ring (bicyclic) bond motifs is 1. The van der Waals surface area contributed by atoms with Crippen LogP contribution in [-0.2, 0) is 36.6 Å². The molecule has 2 fully saturated rings. The van der Waals surface area contributed by atoms with Crippen LogP contribution in [-0.4, -0.2) is 37.0 Å². The van der Waals surface area contributed by atoms with Crippen LogP contribution in [0.1, 0.15) is 62.8 Å². The van der Waals surface area contributed by atoms with E-state index in [2.05, 4.69) is 32.9 Å². The third kappa shape index (κ3) is 3.70. The summed E-state index contributed by atoms with van der Waals surface area (Å²) < 4.78 is 22.6. The van der Waals surface area contributed by atoms with Gasteiger partial charge in [0.05, 0.1) is 24.9 Å². The summed E-state index contributed by atoms with van der Waals surface area (Å²) in [6, 6.07) is 4.24. The van der Waals surface area contributed by atoms with E-state index in [9.17, 15) is 9.59 Å². The van der Waals surface area contributed by atoms with Gasteiger partial charge < -0.3 is 18.9 Å². The Morgan fingerprint density at radius 3 is 2.26 bits per heavy atom. The van der Waals surface area contributed by atoms with Crippen molar-refractivity contribution in [1.82, 2.24) is 0 Å². The molecule has 1 aliphatic heterocycles. The minimum absolute atomic E-state index is 0.0299. The first-order chi connectivity index (χ1) is 14.6. The number of benzene rings is 1. The number of carbonyl (C=O) groups is 2. The molecular formula is C25H32O6. The third-order valence-electron chi connectivity index (χ3n) is 6.80. The van der Waals surface area contributed by atoms with Crippen LogP contribution in [0, 0.1) is 18.8 Å². The van der Waals surface area contributed by atoms with Crippen molar-refractivity contribution in [2.24, 2.45) is 11.8 Å². The molecule has 31 heavy (non-hydrogen) atoms. The molecule has 1 saturated heterocycles. The van der Waals surface area contributed by atoms with Crippen LogP contribution in [0.3, 0.4) is 0 Å².